The lowest BCUT2D eigenvalue weighted by Gasteiger charge is -2.15. The van der Waals surface area contributed by atoms with Crippen LogP contribution >= 0.6 is 0 Å². The van der Waals surface area contributed by atoms with E-state index in [1.165, 1.54) is 0 Å². The summed E-state index contributed by atoms with van der Waals surface area (Å²) in [6, 6.07) is 35.1. The third-order valence-corrected chi connectivity index (χ3v) is 5.70. The summed E-state index contributed by atoms with van der Waals surface area (Å²) in [6.45, 7) is -0.399. The molecule has 4 rings (SSSR count). The average Bonchev–Trinajstić information content (AvgIpc) is 2.87. The Morgan fingerprint density at radius 2 is 0.969 bits per heavy atom. The van der Waals surface area contributed by atoms with E-state index >= 15 is 0 Å². The first-order valence-corrected chi connectivity index (χ1v) is 10.9. The third-order valence-electron chi connectivity index (χ3n) is 5.70. The fourth-order valence-corrected chi connectivity index (χ4v) is 3.96. The van der Waals surface area contributed by atoms with Crippen molar-refractivity contribution < 1.29 is 14.8 Å². The molecule has 4 aromatic carbocycles. The van der Waals surface area contributed by atoms with Gasteiger partial charge in [0.2, 0.25) is 0 Å². The highest BCUT2D eigenvalue weighted by atomic mass is 16.5. The van der Waals surface area contributed by atoms with Crippen molar-refractivity contribution in [3.8, 4) is 0 Å². The molecular weight excluding hydrogens is 394 g/mol. The van der Waals surface area contributed by atoms with Crippen molar-refractivity contribution in [3.63, 3.8) is 0 Å². The maximum Gasteiger partial charge on any atom is 0.359 e. The SMILES string of the molecule is OB(c1ccccc1)c1ccccc1CCOCc1ccccc1B(O)c1ccccc1. The molecule has 32 heavy (non-hydrogen) atoms. The van der Waals surface area contributed by atoms with E-state index < -0.39 is 13.8 Å². The van der Waals surface area contributed by atoms with Gasteiger partial charge in [0.1, 0.15) is 0 Å². The molecule has 0 unspecified atom stereocenters. The van der Waals surface area contributed by atoms with Crippen LogP contribution in [-0.2, 0) is 17.8 Å². The van der Waals surface area contributed by atoms with E-state index in [0.29, 0.717) is 19.6 Å². The van der Waals surface area contributed by atoms with Crippen LogP contribution in [0.2, 0.25) is 0 Å². The smallest absolute Gasteiger partial charge is 0.359 e. The van der Waals surface area contributed by atoms with E-state index in [1.807, 2.05) is 109 Å². The molecule has 0 aliphatic heterocycles. The Labute approximate surface area is 190 Å². The second-order valence-corrected chi connectivity index (χ2v) is 7.83. The van der Waals surface area contributed by atoms with Gasteiger partial charge in [-0.15, -0.1) is 0 Å². The molecule has 0 saturated carbocycles. The lowest BCUT2D eigenvalue weighted by atomic mass is 9.54. The summed E-state index contributed by atoms with van der Waals surface area (Å²) in [5.41, 5.74) is 5.55. The Bertz CT molecular complexity index is 1030. The summed E-state index contributed by atoms with van der Waals surface area (Å²) in [5, 5.41) is 21.7. The lowest BCUT2D eigenvalue weighted by Crippen LogP contribution is -2.44. The van der Waals surface area contributed by atoms with Crippen LogP contribution in [0.4, 0.5) is 0 Å². The molecule has 0 atom stereocenters. The fourth-order valence-electron chi connectivity index (χ4n) is 3.96. The Morgan fingerprint density at radius 1 is 0.531 bits per heavy atom. The van der Waals surface area contributed by atoms with Crippen molar-refractivity contribution in [3.05, 3.63) is 120 Å². The first-order valence-electron chi connectivity index (χ1n) is 10.9. The zero-order valence-electron chi connectivity index (χ0n) is 18.0. The summed E-state index contributed by atoms with van der Waals surface area (Å²) in [5.74, 6) is 0. The maximum atomic E-state index is 10.8. The van der Waals surface area contributed by atoms with Crippen LogP contribution in [-0.4, -0.2) is 30.5 Å². The van der Waals surface area contributed by atoms with Gasteiger partial charge in [0, 0.05) is 0 Å². The van der Waals surface area contributed by atoms with Gasteiger partial charge in [-0.05, 0) is 39.4 Å². The number of hydrogen-bond acceptors (Lipinski definition) is 3. The zero-order valence-corrected chi connectivity index (χ0v) is 18.0. The van der Waals surface area contributed by atoms with E-state index in [0.717, 1.165) is 33.0 Å². The summed E-state index contributed by atoms with van der Waals surface area (Å²) < 4.78 is 6.00. The molecule has 0 aliphatic rings. The van der Waals surface area contributed by atoms with Crippen LogP contribution in [0.25, 0.3) is 0 Å². The molecule has 0 heterocycles. The monoisotopic (exact) mass is 420 g/mol. The Hall–Kier alpha value is -3.11. The molecular formula is C27H26B2O3. The Balaban J connectivity index is 1.40. The maximum absolute atomic E-state index is 10.8. The van der Waals surface area contributed by atoms with Crippen LogP contribution in [0.15, 0.2) is 109 Å². The minimum absolute atomic E-state index is 0.420. The molecule has 0 fully saturated rings. The number of benzene rings is 4. The standard InChI is InChI=1S/C27H26B2O3/c30-28(24-13-3-1-4-14-24)26-17-9-7-11-22(26)19-20-32-21-23-12-8-10-18-27(23)29(31)25-15-5-2-6-16-25/h1-18,30-31H,19-21H2. The van der Waals surface area contributed by atoms with Gasteiger partial charge in [0.25, 0.3) is 0 Å². The molecule has 0 aliphatic carbocycles. The second kappa shape index (κ2) is 11.0. The van der Waals surface area contributed by atoms with Gasteiger partial charge in [-0.1, -0.05) is 109 Å². The summed E-state index contributed by atoms with van der Waals surface area (Å²) in [4.78, 5) is 0. The van der Waals surface area contributed by atoms with Gasteiger partial charge in [0.15, 0.2) is 0 Å². The van der Waals surface area contributed by atoms with E-state index in [1.54, 1.807) is 0 Å². The van der Waals surface area contributed by atoms with Crippen LogP contribution < -0.4 is 21.9 Å². The van der Waals surface area contributed by atoms with Gasteiger partial charge >= 0.3 is 13.8 Å². The summed E-state index contributed by atoms with van der Waals surface area (Å²) >= 11 is 0. The van der Waals surface area contributed by atoms with Gasteiger partial charge < -0.3 is 14.8 Å². The van der Waals surface area contributed by atoms with Crippen LogP contribution in [0.5, 0.6) is 0 Å². The van der Waals surface area contributed by atoms with Crippen LogP contribution in [0, 0.1) is 0 Å². The van der Waals surface area contributed by atoms with Crippen molar-refractivity contribution in [1.82, 2.24) is 0 Å². The quantitative estimate of drug-likeness (QED) is 0.320. The van der Waals surface area contributed by atoms with Crippen molar-refractivity contribution >= 4 is 35.7 Å². The van der Waals surface area contributed by atoms with Crippen LogP contribution in [0.3, 0.4) is 0 Å². The lowest BCUT2D eigenvalue weighted by molar-refractivity contribution is 0.124. The van der Waals surface area contributed by atoms with E-state index in [4.69, 9.17) is 4.74 Å². The van der Waals surface area contributed by atoms with Crippen LogP contribution in [0.1, 0.15) is 11.1 Å². The molecule has 0 bridgehead atoms. The van der Waals surface area contributed by atoms with E-state index in [-0.39, 0.29) is 0 Å². The largest absolute Gasteiger partial charge is 0.443 e. The van der Waals surface area contributed by atoms with Crippen molar-refractivity contribution in [2.24, 2.45) is 0 Å². The topological polar surface area (TPSA) is 49.7 Å². The second-order valence-electron chi connectivity index (χ2n) is 7.83. The molecule has 0 aromatic heterocycles. The van der Waals surface area contributed by atoms with Gasteiger partial charge in [0.05, 0.1) is 13.2 Å². The number of hydrogen-bond donors (Lipinski definition) is 2. The fraction of sp³-hybridized carbons (Fsp3) is 0.111. The van der Waals surface area contributed by atoms with E-state index in [9.17, 15) is 10.0 Å². The molecule has 2 N–H and O–H groups in total. The predicted molar refractivity (Wildman–Crippen MR) is 134 cm³/mol. The third kappa shape index (κ3) is 5.38. The number of ether oxygens (including phenoxy) is 1. The Kier molecular flexibility index (Phi) is 7.57. The number of rotatable bonds is 9. The van der Waals surface area contributed by atoms with Crippen molar-refractivity contribution in [1.29, 1.82) is 0 Å². The first-order chi connectivity index (χ1) is 15.7. The van der Waals surface area contributed by atoms with Gasteiger partial charge in [-0.3, -0.25) is 0 Å². The zero-order chi connectivity index (χ0) is 22.2. The molecule has 4 aromatic rings. The van der Waals surface area contributed by atoms with E-state index in [2.05, 4.69) is 0 Å². The normalized spacial score (nSPS) is 10.7. The molecule has 0 saturated heterocycles. The Morgan fingerprint density at radius 3 is 1.53 bits per heavy atom. The summed E-state index contributed by atoms with van der Waals surface area (Å²) in [7, 11) is 0. The highest BCUT2D eigenvalue weighted by Crippen LogP contribution is 2.04. The molecule has 0 spiro atoms. The minimum atomic E-state index is -0.683. The highest BCUT2D eigenvalue weighted by molar-refractivity contribution is 6.79. The molecule has 0 amide bonds. The average molecular weight is 420 g/mol. The molecule has 0 radical (unpaired) electrons. The van der Waals surface area contributed by atoms with Gasteiger partial charge in [-0.2, -0.15) is 0 Å². The highest BCUT2D eigenvalue weighted by Gasteiger charge is 2.21. The van der Waals surface area contributed by atoms with Crippen molar-refractivity contribution in [2.75, 3.05) is 6.61 Å². The molecule has 3 nitrogen and oxygen atoms in total. The van der Waals surface area contributed by atoms with Gasteiger partial charge in [-0.25, -0.2) is 0 Å². The predicted octanol–water partition coefficient (Wildman–Crippen LogP) is 1.64. The first kappa shape index (κ1) is 22.1. The minimum Gasteiger partial charge on any atom is -0.443 e. The molecule has 158 valence electrons. The summed E-state index contributed by atoms with van der Waals surface area (Å²) in [6.07, 6.45) is 0.698. The molecule has 5 heteroatoms. The van der Waals surface area contributed by atoms with Crippen molar-refractivity contribution in [2.45, 2.75) is 13.0 Å².